The van der Waals surface area contributed by atoms with Crippen LogP contribution in [0, 0.1) is 0 Å². The molecule has 0 aromatic rings. The summed E-state index contributed by atoms with van der Waals surface area (Å²) in [5.74, 6) is 0. The van der Waals surface area contributed by atoms with Gasteiger partial charge in [0.2, 0.25) is 0 Å². The fourth-order valence-corrected chi connectivity index (χ4v) is 0.878. The fourth-order valence-electron chi connectivity index (χ4n) is 0.878. The largest absolute Gasteiger partial charge is 0.381 e. The van der Waals surface area contributed by atoms with E-state index in [1.54, 1.807) is 7.11 Å². The van der Waals surface area contributed by atoms with E-state index >= 15 is 0 Å². The summed E-state index contributed by atoms with van der Waals surface area (Å²) < 4.78 is 10.2. The van der Waals surface area contributed by atoms with E-state index in [0.717, 1.165) is 19.6 Å². The average Bonchev–Trinajstić information content (AvgIpc) is 1.91. The fraction of sp³-hybridized carbons (Fsp3) is 1.00. The second-order valence-electron chi connectivity index (χ2n) is 2.12. The van der Waals surface area contributed by atoms with Crippen LogP contribution in [0.3, 0.4) is 0 Å². The van der Waals surface area contributed by atoms with Crippen LogP contribution >= 0.6 is 0 Å². The SMILES string of the molecule is COCC1NCCCO1. The molecule has 1 saturated heterocycles. The van der Waals surface area contributed by atoms with Gasteiger partial charge in [0.25, 0.3) is 0 Å². The van der Waals surface area contributed by atoms with E-state index in [-0.39, 0.29) is 6.23 Å². The predicted octanol–water partition coefficient (Wildman–Crippen LogP) is -0.0312. The summed E-state index contributed by atoms with van der Waals surface area (Å²) in [6.07, 6.45) is 1.24. The lowest BCUT2D eigenvalue weighted by molar-refractivity contribution is -0.0421. The lowest BCUT2D eigenvalue weighted by Crippen LogP contribution is -2.41. The lowest BCUT2D eigenvalue weighted by Gasteiger charge is -2.22. The second-order valence-corrected chi connectivity index (χ2v) is 2.12. The number of hydrogen-bond donors (Lipinski definition) is 1. The van der Waals surface area contributed by atoms with Gasteiger partial charge in [0, 0.05) is 13.7 Å². The molecular weight excluding hydrogens is 118 g/mol. The van der Waals surface area contributed by atoms with Gasteiger partial charge in [0.1, 0.15) is 6.23 Å². The molecule has 1 rings (SSSR count). The van der Waals surface area contributed by atoms with Crippen molar-refractivity contribution in [2.75, 3.05) is 26.9 Å². The van der Waals surface area contributed by atoms with Crippen LogP contribution in [0.4, 0.5) is 0 Å². The quantitative estimate of drug-likeness (QED) is 0.571. The summed E-state index contributed by atoms with van der Waals surface area (Å²) in [7, 11) is 1.68. The van der Waals surface area contributed by atoms with Crippen molar-refractivity contribution in [1.82, 2.24) is 5.32 Å². The van der Waals surface area contributed by atoms with Gasteiger partial charge in [-0.2, -0.15) is 0 Å². The van der Waals surface area contributed by atoms with Crippen LogP contribution in [0.25, 0.3) is 0 Å². The molecule has 3 nitrogen and oxygen atoms in total. The molecule has 1 heterocycles. The first kappa shape index (κ1) is 6.99. The Balaban J connectivity index is 2.08. The maximum Gasteiger partial charge on any atom is 0.131 e. The highest BCUT2D eigenvalue weighted by molar-refractivity contribution is 4.59. The van der Waals surface area contributed by atoms with Gasteiger partial charge >= 0.3 is 0 Å². The van der Waals surface area contributed by atoms with Crippen LogP contribution in [0.15, 0.2) is 0 Å². The normalized spacial score (nSPS) is 28.3. The van der Waals surface area contributed by atoms with Crippen LogP contribution in [-0.4, -0.2) is 33.1 Å². The molecule has 9 heavy (non-hydrogen) atoms. The summed E-state index contributed by atoms with van der Waals surface area (Å²) >= 11 is 0. The van der Waals surface area contributed by atoms with Crippen LogP contribution in [0.1, 0.15) is 6.42 Å². The van der Waals surface area contributed by atoms with Crippen molar-refractivity contribution in [3.05, 3.63) is 0 Å². The standard InChI is InChI=1S/C6H13NO2/c1-8-5-6-7-3-2-4-9-6/h6-7H,2-5H2,1H3. The maximum atomic E-state index is 5.28. The Bertz CT molecular complexity index is 68.7. The number of nitrogens with one attached hydrogen (secondary N) is 1. The first-order valence-corrected chi connectivity index (χ1v) is 3.27. The summed E-state index contributed by atoms with van der Waals surface area (Å²) in [6.45, 7) is 2.56. The first-order valence-electron chi connectivity index (χ1n) is 3.27. The van der Waals surface area contributed by atoms with Crippen molar-refractivity contribution in [2.45, 2.75) is 12.6 Å². The van der Waals surface area contributed by atoms with Gasteiger partial charge in [-0.15, -0.1) is 0 Å². The van der Waals surface area contributed by atoms with Gasteiger partial charge in [0.05, 0.1) is 6.61 Å². The van der Waals surface area contributed by atoms with E-state index < -0.39 is 0 Å². The molecule has 0 spiro atoms. The van der Waals surface area contributed by atoms with Gasteiger partial charge in [-0.3, -0.25) is 5.32 Å². The monoisotopic (exact) mass is 131 g/mol. The van der Waals surface area contributed by atoms with Crippen LogP contribution in [0.2, 0.25) is 0 Å². The van der Waals surface area contributed by atoms with Gasteiger partial charge < -0.3 is 9.47 Å². The predicted molar refractivity (Wildman–Crippen MR) is 34.2 cm³/mol. The Morgan fingerprint density at radius 3 is 3.22 bits per heavy atom. The zero-order chi connectivity index (χ0) is 6.53. The van der Waals surface area contributed by atoms with Crippen molar-refractivity contribution in [2.24, 2.45) is 0 Å². The molecule has 0 radical (unpaired) electrons. The summed E-state index contributed by atoms with van der Waals surface area (Å²) in [6, 6.07) is 0. The first-order chi connectivity index (χ1) is 4.43. The van der Waals surface area contributed by atoms with E-state index in [1.807, 2.05) is 0 Å². The highest BCUT2D eigenvalue weighted by atomic mass is 16.5. The van der Waals surface area contributed by atoms with Crippen molar-refractivity contribution >= 4 is 0 Å². The highest BCUT2D eigenvalue weighted by Crippen LogP contribution is 1.96. The van der Waals surface area contributed by atoms with Crippen molar-refractivity contribution in [3.8, 4) is 0 Å². The average molecular weight is 131 g/mol. The Kier molecular flexibility index (Phi) is 2.97. The van der Waals surface area contributed by atoms with Gasteiger partial charge in [-0.05, 0) is 13.0 Å². The maximum absolute atomic E-state index is 5.28. The van der Waals surface area contributed by atoms with Crippen LogP contribution in [0.5, 0.6) is 0 Å². The molecule has 1 N–H and O–H groups in total. The summed E-state index contributed by atoms with van der Waals surface area (Å²) in [5, 5.41) is 3.17. The van der Waals surface area contributed by atoms with E-state index in [4.69, 9.17) is 9.47 Å². The van der Waals surface area contributed by atoms with Gasteiger partial charge in [-0.25, -0.2) is 0 Å². The number of hydrogen-bond acceptors (Lipinski definition) is 3. The number of ether oxygens (including phenoxy) is 2. The smallest absolute Gasteiger partial charge is 0.131 e. The molecule has 0 aromatic carbocycles. The van der Waals surface area contributed by atoms with Crippen molar-refractivity contribution in [3.63, 3.8) is 0 Å². The van der Waals surface area contributed by atoms with E-state index in [9.17, 15) is 0 Å². The second kappa shape index (κ2) is 3.82. The minimum Gasteiger partial charge on any atom is -0.381 e. The van der Waals surface area contributed by atoms with Crippen molar-refractivity contribution < 1.29 is 9.47 Å². The molecule has 0 amide bonds. The minimum atomic E-state index is 0.128. The zero-order valence-electron chi connectivity index (χ0n) is 5.72. The molecule has 1 atom stereocenters. The van der Waals surface area contributed by atoms with Crippen LogP contribution < -0.4 is 5.32 Å². The summed E-state index contributed by atoms with van der Waals surface area (Å²) in [4.78, 5) is 0. The number of methoxy groups -OCH3 is 1. The Hall–Kier alpha value is -0.120. The Morgan fingerprint density at radius 2 is 2.67 bits per heavy atom. The van der Waals surface area contributed by atoms with Gasteiger partial charge in [-0.1, -0.05) is 0 Å². The zero-order valence-corrected chi connectivity index (χ0v) is 5.72. The molecule has 0 bridgehead atoms. The third-order valence-electron chi connectivity index (χ3n) is 1.33. The minimum absolute atomic E-state index is 0.128. The topological polar surface area (TPSA) is 30.5 Å². The Morgan fingerprint density at radius 1 is 1.78 bits per heavy atom. The van der Waals surface area contributed by atoms with E-state index in [2.05, 4.69) is 5.32 Å². The van der Waals surface area contributed by atoms with Crippen molar-refractivity contribution in [1.29, 1.82) is 0 Å². The molecule has 1 unspecified atom stereocenters. The molecule has 0 saturated carbocycles. The number of rotatable bonds is 2. The van der Waals surface area contributed by atoms with E-state index in [1.165, 1.54) is 0 Å². The molecule has 0 aromatic heterocycles. The lowest BCUT2D eigenvalue weighted by atomic mass is 10.4. The third kappa shape index (κ3) is 2.30. The van der Waals surface area contributed by atoms with E-state index in [0.29, 0.717) is 6.61 Å². The molecule has 1 aliphatic heterocycles. The molecule has 3 heteroatoms. The molecular formula is C6H13NO2. The summed E-state index contributed by atoms with van der Waals surface area (Å²) in [5.41, 5.74) is 0. The van der Waals surface area contributed by atoms with Crippen LogP contribution in [-0.2, 0) is 9.47 Å². The molecule has 1 fully saturated rings. The highest BCUT2D eigenvalue weighted by Gasteiger charge is 2.10. The molecule has 0 aliphatic carbocycles. The molecule has 54 valence electrons. The Labute approximate surface area is 55.3 Å². The van der Waals surface area contributed by atoms with Gasteiger partial charge in [0.15, 0.2) is 0 Å². The third-order valence-corrected chi connectivity index (χ3v) is 1.33. The molecule has 1 aliphatic rings.